The van der Waals surface area contributed by atoms with Gasteiger partial charge in [0.25, 0.3) is 5.91 Å². The van der Waals surface area contributed by atoms with Crippen LogP contribution in [0.25, 0.3) is 0 Å². The Morgan fingerprint density at radius 2 is 1.62 bits per heavy atom. The van der Waals surface area contributed by atoms with Crippen molar-refractivity contribution in [3.05, 3.63) is 87.3 Å². The van der Waals surface area contributed by atoms with E-state index in [2.05, 4.69) is 15.3 Å². The van der Waals surface area contributed by atoms with Gasteiger partial charge in [-0.25, -0.2) is 9.97 Å². The third kappa shape index (κ3) is 5.18. The zero-order valence-corrected chi connectivity index (χ0v) is 16.9. The lowest BCUT2D eigenvalue weighted by Gasteiger charge is -2.12. The Bertz CT molecular complexity index is 1070. The van der Waals surface area contributed by atoms with E-state index in [1.165, 1.54) is 22.7 Å². The lowest BCUT2D eigenvalue weighted by molar-refractivity contribution is 0.102. The molecule has 0 aliphatic heterocycles. The number of nitrogens with zero attached hydrogens (tertiary/aromatic N) is 2. The molecule has 0 aliphatic carbocycles. The Hall–Kier alpha value is -3.23. The summed E-state index contributed by atoms with van der Waals surface area (Å²) >= 11 is 3.03. The van der Waals surface area contributed by atoms with Gasteiger partial charge in [0.2, 0.25) is 0 Å². The highest BCUT2D eigenvalue weighted by atomic mass is 32.1. The van der Waals surface area contributed by atoms with Gasteiger partial charge in [-0.1, -0.05) is 18.2 Å². The highest BCUT2D eigenvalue weighted by Gasteiger charge is 2.11. The fourth-order valence-electron chi connectivity index (χ4n) is 2.54. The molecule has 0 aliphatic rings. The van der Waals surface area contributed by atoms with E-state index in [4.69, 9.17) is 9.47 Å². The third-order valence-corrected chi connectivity index (χ3v) is 5.23. The molecule has 2 aromatic heterocycles. The molecule has 6 nitrogen and oxygen atoms in total. The average Bonchev–Trinajstić information content (AvgIpc) is 3.46. The van der Waals surface area contributed by atoms with Gasteiger partial charge in [-0.3, -0.25) is 4.79 Å². The number of carbonyl (C=O) groups excluding carboxylic acids is 1. The molecule has 8 heteroatoms. The molecular formula is C21H17N3O3S2. The maximum Gasteiger partial charge on any atom is 0.255 e. The maximum atomic E-state index is 12.7. The first-order chi connectivity index (χ1) is 14.3. The van der Waals surface area contributed by atoms with E-state index in [1.54, 1.807) is 35.3 Å². The zero-order valence-electron chi connectivity index (χ0n) is 15.3. The number of aromatic nitrogens is 2. The van der Waals surface area contributed by atoms with Crippen LogP contribution in [-0.4, -0.2) is 15.9 Å². The first-order valence-electron chi connectivity index (χ1n) is 8.78. The van der Waals surface area contributed by atoms with E-state index in [0.717, 1.165) is 11.4 Å². The van der Waals surface area contributed by atoms with Crippen LogP contribution in [0.4, 0.5) is 5.69 Å². The molecule has 0 atom stereocenters. The molecule has 0 unspecified atom stereocenters. The highest BCUT2D eigenvalue weighted by Crippen LogP contribution is 2.26. The third-order valence-electron chi connectivity index (χ3n) is 3.96. The second-order valence-corrected chi connectivity index (χ2v) is 7.45. The molecule has 4 aromatic rings. The number of carbonyl (C=O) groups is 1. The minimum absolute atomic E-state index is 0.242. The van der Waals surface area contributed by atoms with Crippen LogP contribution in [0.3, 0.4) is 0 Å². The first kappa shape index (κ1) is 19.1. The largest absolute Gasteiger partial charge is 0.487 e. The van der Waals surface area contributed by atoms with E-state index in [-0.39, 0.29) is 5.91 Å². The molecule has 146 valence electrons. The molecule has 0 fully saturated rings. The summed E-state index contributed by atoms with van der Waals surface area (Å²) in [5.41, 5.74) is 6.32. The summed E-state index contributed by atoms with van der Waals surface area (Å²) in [4.78, 5) is 21.1. The summed E-state index contributed by atoms with van der Waals surface area (Å²) in [6, 6.07) is 14.4. The van der Waals surface area contributed by atoms with Gasteiger partial charge < -0.3 is 14.8 Å². The normalized spacial score (nSPS) is 10.5. The number of anilines is 1. The zero-order chi connectivity index (χ0) is 19.9. The van der Waals surface area contributed by atoms with Gasteiger partial charge in [-0.2, -0.15) is 0 Å². The van der Waals surface area contributed by atoms with Gasteiger partial charge in [0, 0.05) is 16.3 Å². The van der Waals surface area contributed by atoms with Crippen molar-refractivity contribution in [2.24, 2.45) is 0 Å². The average molecular weight is 424 g/mol. The SMILES string of the molecule is O=C(Nc1ccccc1OCc1cscn1)c1cccc(OCc2cscn2)c1. The standard InChI is InChI=1S/C21H17N3O3S2/c25-21(15-4-3-5-18(8-15)26-9-16-11-28-13-22-16)24-19-6-1-2-7-20(19)27-10-17-12-29-14-23-17/h1-8,11-14H,9-10H2,(H,24,25). The van der Waals surface area contributed by atoms with E-state index < -0.39 is 0 Å². The van der Waals surface area contributed by atoms with Crippen molar-refractivity contribution in [1.82, 2.24) is 9.97 Å². The number of hydrogen-bond acceptors (Lipinski definition) is 7. The Balaban J connectivity index is 1.42. The summed E-state index contributed by atoms with van der Waals surface area (Å²) < 4.78 is 11.5. The fourth-order valence-corrected chi connectivity index (χ4v) is 3.63. The summed E-state index contributed by atoms with van der Waals surface area (Å²) in [5, 5.41) is 6.76. The maximum absolute atomic E-state index is 12.7. The second kappa shape index (κ2) is 9.31. The fraction of sp³-hybridized carbons (Fsp3) is 0.0952. The lowest BCUT2D eigenvalue weighted by atomic mass is 10.2. The van der Waals surface area contributed by atoms with Crippen LogP contribution in [-0.2, 0) is 13.2 Å². The number of nitrogens with one attached hydrogen (secondary N) is 1. The molecule has 0 spiro atoms. The van der Waals surface area contributed by atoms with Crippen LogP contribution in [0.2, 0.25) is 0 Å². The number of amides is 1. The number of ether oxygens (including phenoxy) is 2. The molecule has 2 heterocycles. The molecule has 0 bridgehead atoms. The van der Waals surface area contributed by atoms with Gasteiger partial charge in [0.1, 0.15) is 24.7 Å². The van der Waals surface area contributed by atoms with Crippen molar-refractivity contribution in [3.8, 4) is 11.5 Å². The highest BCUT2D eigenvalue weighted by molar-refractivity contribution is 7.07. The quantitative estimate of drug-likeness (QED) is 0.431. The van der Waals surface area contributed by atoms with Crippen molar-refractivity contribution in [3.63, 3.8) is 0 Å². The Morgan fingerprint density at radius 3 is 2.34 bits per heavy atom. The number of benzene rings is 2. The predicted molar refractivity (Wildman–Crippen MR) is 114 cm³/mol. The van der Waals surface area contributed by atoms with Gasteiger partial charge in [-0.15, -0.1) is 22.7 Å². The Kier molecular flexibility index (Phi) is 6.13. The van der Waals surface area contributed by atoms with Gasteiger partial charge >= 0.3 is 0 Å². The number of rotatable bonds is 8. The van der Waals surface area contributed by atoms with Crippen LogP contribution in [0, 0.1) is 0 Å². The van der Waals surface area contributed by atoms with Crippen LogP contribution in [0.1, 0.15) is 21.7 Å². The molecule has 2 aromatic carbocycles. The molecule has 4 rings (SSSR count). The lowest BCUT2D eigenvalue weighted by Crippen LogP contribution is -2.13. The van der Waals surface area contributed by atoms with Crippen molar-refractivity contribution >= 4 is 34.3 Å². The molecule has 29 heavy (non-hydrogen) atoms. The van der Waals surface area contributed by atoms with Crippen LogP contribution >= 0.6 is 22.7 Å². The van der Waals surface area contributed by atoms with E-state index >= 15 is 0 Å². The monoisotopic (exact) mass is 423 g/mol. The number of thiazole rings is 2. The molecule has 0 saturated carbocycles. The summed E-state index contributed by atoms with van der Waals surface area (Å²) in [7, 11) is 0. The molecule has 1 N–H and O–H groups in total. The van der Waals surface area contributed by atoms with Crippen molar-refractivity contribution in [2.45, 2.75) is 13.2 Å². The molecular weight excluding hydrogens is 406 g/mol. The van der Waals surface area contributed by atoms with E-state index in [9.17, 15) is 4.79 Å². The van der Waals surface area contributed by atoms with Gasteiger partial charge in [-0.05, 0) is 30.3 Å². The van der Waals surface area contributed by atoms with Crippen molar-refractivity contribution in [1.29, 1.82) is 0 Å². The van der Waals surface area contributed by atoms with Crippen LogP contribution < -0.4 is 14.8 Å². The van der Waals surface area contributed by atoms with Crippen molar-refractivity contribution < 1.29 is 14.3 Å². The smallest absolute Gasteiger partial charge is 0.255 e. The Morgan fingerprint density at radius 1 is 0.897 bits per heavy atom. The van der Waals surface area contributed by atoms with E-state index in [1.807, 2.05) is 35.0 Å². The van der Waals surface area contributed by atoms with Crippen LogP contribution in [0.5, 0.6) is 11.5 Å². The molecule has 0 saturated heterocycles. The predicted octanol–water partition coefficient (Wildman–Crippen LogP) is 5.01. The molecule has 0 radical (unpaired) electrons. The minimum atomic E-state index is -0.242. The van der Waals surface area contributed by atoms with Crippen LogP contribution in [0.15, 0.2) is 70.3 Å². The second-order valence-electron chi connectivity index (χ2n) is 6.02. The topological polar surface area (TPSA) is 73.3 Å². The minimum Gasteiger partial charge on any atom is -0.487 e. The number of hydrogen-bond donors (Lipinski definition) is 1. The number of para-hydroxylation sites is 2. The summed E-state index contributed by atoms with van der Waals surface area (Å²) in [6.45, 7) is 0.707. The van der Waals surface area contributed by atoms with Gasteiger partial charge in [0.15, 0.2) is 0 Å². The summed E-state index contributed by atoms with van der Waals surface area (Å²) in [5.74, 6) is 0.956. The van der Waals surface area contributed by atoms with Crippen molar-refractivity contribution in [2.75, 3.05) is 5.32 Å². The first-order valence-corrected chi connectivity index (χ1v) is 10.7. The molecule has 1 amide bonds. The summed E-state index contributed by atoms with van der Waals surface area (Å²) in [6.07, 6.45) is 0. The Labute approximate surface area is 175 Å². The van der Waals surface area contributed by atoms with Gasteiger partial charge in [0.05, 0.1) is 28.1 Å². The van der Waals surface area contributed by atoms with E-state index in [0.29, 0.717) is 36.0 Å².